The lowest BCUT2D eigenvalue weighted by Crippen LogP contribution is -2.03. The van der Waals surface area contributed by atoms with Crippen LogP contribution in [0.5, 0.6) is 5.75 Å². The van der Waals surface area contributed by atoms with Crippen LogP contribution in [0.1, 0.15) is 5.56 Å². The summed E-state index contributed by atoms with van der Waals surface area (Å²) in [6, 6.07) is 15.3. The molecular formula is C17H18N2O2. The van der Waals surface area contributed by atoms with Gasteiger partial charge >= 0.3 is 0 Å². The summed E-state index contributed by atoms with van der Waals surface area (Å²) in [4.78, 5) is 0. The summed E-state index contributed by atoms with van der Waals surface area (Å²) >= 11 is 0. The smallest absolute Gasteiger partial charge is 0.122 e. The van der Waals surface area contributed by atoms with Crippen molar-refractivity contribution in [2.45, 2.75) is 6.92 Å². The number of aryl methyl sites for hydroxylation is 1. The van der Waals surface area contributed by atoms with E-state index in [1.165, 1.54) is 6.26 Å². The van der Waals surface area contributed by atoms with Gasteiger partial charge in [0.1, 0.15) is 19.0 Å². The summed E-state index contributed by atoms with van der Waals surface area (Å²) < 4.78 is 10.5. The molecule has 0 aliphatic heterocycles. The van der Waals surface area contributed by atoms with Crippen LogP contribution >= 0.6 is 0 Å². The van der Waals surface area contributed by atoms with E-state index in [1.54, 1.807) is 0 Å². The van der Waals surface area contributed by atoms with Gasteiger partial charge in [0.15, 0.2) is 0 Å². The zero-order chi connectivity index (χ0) is 14.9. The molecule has 0 aliphatic rings. The molecule has 2 aromatic carbocycles. The Labute approximate surface area is 124 Å². The van der Waals surface area contributed by atoms with Crippen molar-refractivity contribution in [1.82, 2.24) is 0 Å². The number of benzene rings is 2. The lowest BCUT2D eigenvalue weighted by atomic mass is 10.2. The molecular weight excluding hydrogens is 264 g/mol. The minimum atomic E-state index is 0.482. The fraction of sp³-hybridized carbons (Fsp3) is 0.176. The van der Waals surface area contributed by atoms with Gasteiger partial charge in [0, 0.05) is 0 Å². The monoisotopic (exact) mass is 282 g/mol. The van der Waals surface area contributed by atoms with E-state index >= 15 is 0 Å². The van der Waals surface area contributed by atoms with Crippen LogP contribution in [-0.2, 0) is 4.74 Å². The van der Waals surface area contributed by atoms with Crippen molar-refractivity contribution in [3.63, 3.8) is 0 Å². The van der Waals surface area contributed by atoms with Crippen LogP contribution in [0.3, 0.4) is 0 Å². The summed E-state index contributed by atoms with van der Waals surface area (Å²) in [7, 11) is 0. The Morgan fingerprint density at radius 1 is 1.00 bits per heavy atom. The molecule has 0 atom stereocenters. The van der Waals surface area contributed by atoms with Gasteiger partial charge in [-0.3, -0.25) is 0 Å². The van der Waals surface area contributed by atoms with E-state index in [1.807, 2.05) is 55.5 Å². The Balaban J connectivity index is 1.93. The zero-order valence-electron chi connectivity index (χ0n) is 12.0. The van der Waals surface area contributed by atoms with Gasteiger partial charge in [-0.25, -0.2) is 0 Å². The Kier molecular flexibility index (Phi) is 5.52. The minimum Gasteiger partial charge on any atom is -0.498 e. The van der Waals surface area contributed by atoms with Gasteiger partial charge in [-0.05, 0) is 42.8 Å². The fourth-order valence-corrected chi connectivity index (χ4v) is 1.69. The maximum Gasteiger partial charge on any atom is 0.122 e. The van der Waals surface area contributed by atoms with Gasteiger partial charge in [-0.2, -0.15) is 10.2 Å². The van der Waals surface area contributed by atoms with E-state index in [4.69, 9.17) is 9.47 Å². The molecule has 0 aliphatic carbocycles. The molecule has 0 spiro atoms. The molecule has 108 valence electrons. The largest absolute Gasteiger partial charge is 0.498 e. The lowest BCUT2D eigenvalue weighted by Gasteiger charge is -2.05. The SMILES string of the molecule is C=COCCOc1ccc(/N=N/c2ccccc2C)cc1. The third-order valence-corrected chi connectivity index (χ3v) is 2.81. The van der Waals surface area contributed by atoms with Crippen LogP contribution in [0.4, 0.5) is 11.4 Å². The third-order valence-electron chi connectivity index (χ3n) is 2.81. The van der Waals surface area contributed by atoms with E-state index in [0.29, 0.717) is 13.2 Å². The summed E-state index contributed by atoms with van der Waals surface area (Å²) in [5.41, 5.74) is 2.76. The normalized spacial score (nSPS) is 10.5. The number of ether oxygens (including phenoxy) is 2. The molecule has 0 amide bonds. The second-order valence-electron chi connectivity index (χ2n) is 4.37. The van der Waals surface area contributed by atoms with Crippen molar-refractivity contribution in [2.75, 3.05) is 13.2 Å². The van der Waals surface area contributed by atoms with E-state index in [2.05, 4.69) is 16.8 Å². The van der Waals surface area contributed by atoms with Crippen LogP contribution in [-0.4, -0.2) is 13.2 Å². The molecule has 21 heavy (non-hydrogen) atoms. The standard InChI is InChI=1S/C17H18N2O2/c1-3-20-12-13-21-16-10-8-15(9-11-16)18-19-17-7-5-4-6-14(17)2/h3-11H,1,12-13H2,2H3/b19-18+. The predicted molar refractivity (Wildman–Crippen MR) is 83.4 cm³/mol. The van der Waals surface area contributed by atoms with Crippen LogP contribution in [0.2, 0.25) is 0 Å². The molecule has 2 rings (SSSR count). The predicted octanol–water partition coefficient (Wildman–Crippen LogP) is 4.95. The van der Waals surface area contributed by atoms with E-state index < -0.39 is 0 Å². The lowest BCUT2D eigenvalue weighted by molar-refractivity contribution is 0.179. The van der Waals surface area contributed by atoms with Gasteiger partial charge in [0.05, 0.1) is 17.6 Å². The van der Waals surface area contributed by atoms with Crippen LogP contribution in [0.25, 0.3) is 0 Å². The molecule has 0 radical (unpaired) electrons. The highest BCUT2D eigenvalue weighted by molar-refractivity contribution is 5.46. The molecule has 0 unspecified atom stereocenters. The van der Waals surface area contributed by atoms with Crippen molar-refractivity contribution >= 4 is 11.4 Å². The molecule has 0 aromatic heterocycles. The Morgan fingerprint density at radius 3 is 2.48 bits per heavy atom. The molecule has 0 N–H and O–H groups in total. The maximum absolute atomic E-state index is 5.50. The van der Waals surface area contributed by atoms with Crippen molar-refractivity contribution in [3.05, 3.63) is 66.9 Å². The summed E-state index contributed by atoms with van der Waals surface area (Å²) in [5, 5.41) is 8.46. The second kappa shape index (κ2) is 7.85. The number of azo groups is 1. The first-order valence-electron chi connectivity index (χ1n) is 6.72. The number of rotatable bonds is 7. The van der Waals surface area contributed by atoms with Gasteiger partial charge < -0.3 is 9.47 Å². The quantitative estimate of drug-likeness (QED) is 0.409. The third kappa shape index (κ3) is 4.76. The average Bonchev–Trinajstić information content (AvgIpc) is 2.52. The first kappa shape index (κ1) is 14.8. The molecule has 0 saturated heterocycles. The highest BCUT2D eigenvalue weighted by Crippen LogP contribution is 2.23. The second-order valence-corrected chi connectivity index (χ2v) is 4.37. The van der Waals surface area contributed by atoms with Crippen molar-refractivity contribution in [3.8, 4) is 5.75 Å². The van der Waals surface area contributed by atoms with Crippen LogP contribution < -0.4 is 4.74 Å². The molecule has 4 nitrogen and oxygen atoms in total. The minimum absolute atomic E-state index is 0.482. The van der Waals surface area contributed by atoms with E-state index in [0.717, 1.165) is 22.7 Å². The molecule has 2 aromatic rings. The van der Waals surface area contributed by atoms with Gasteiger partial charge in [-0.15, -0.1) is 0 Å². The average molecular weight is 282 g/mol. The Hall–Kier alpha value is -2.62. The number of hydrogen-bond acceptors (Lipinski definition) is 4. The van der Waals surface area contributed by atoms with Crippen LogP contribution in [0.15, 0.2) is 71.6 Å². The topological polar surface area (TPSA) is 43.2 Å². The maximum atomic E-state index is 5.50. The van der Waals surface area contributed by atoms with Crippen molar-refractivity contribution in [1.29, 1.82) is 0 Å². The molecule has 0 fully saturated rings. The van der Waals surface area contributed by atoms with Gasteiger partial charge in [0.25, 0.3) is 0 Å². The summed E-state index contributed by atoms with van der Waals surface area (Å²) in [6.45, 7) is 6.44. The van der Waals surface area contributed by atoms with Gasteiger partial charge in [0.2, 0.25) is 0 Å². The first-order chi connectivity index (χ1) is 10.3. The van der Waals surface area contributed by atoms with E-state index in [9.17, 15) is 0 Å². The highest BCUT2D eigenvalue weighted by Gasteiger charge is 1.96. The summed E-state index contributed by atoms with van der Waals surface area (Å²) in [5.74, 6) is 0.775. The van der Waals surface area contributed by atoms with Gasteiger partial charge in [-0.1, -0.05) is 24.8 Å². The highest BCUT2D eigenvalue weighted by atomic mass is 16.5. The molecule has 0 saturated carbocycles. The number of nitrogens with zero attached hydrogens (tertiary/aromatic N) is 2. The Morgan fingerprint density at radius 2 is 1.76 bits per heavy atom. The summed E-state index contributed by atoms with van der Waals surface area (Å²) in [6.07, 6.45) is 1.40. The molecule has 0 bridgehead atoms. The first-order valence-corrected chi connectivity index (χ1v) is 6.72. The Bertz CT molecular complexity index is 606. The van der Waals surface area contributed by atoms with Crippen LogP contribution in [0, 0.1) is 6.92 Å². The molecule has 4 heteroatoms. The molecule has 0 heterocycles. The zero-order valence-corrected chi connectivity index (χ0v) is 12.0. The fourth-order valence-electron chi connectivity index (χ4n) is 1.69. The van der Waals surface area contributed by atoms with E-state index in [-0.39, 0.29) is 0 Å². The van der Waals surface area contributed by atoms with Crippen molar-refractivity contribution in [2.24, 2.45) is 10.2 Å². The number of hydrogen-bond donors (Lipinski definition) is 0. The van der Waals surface area contributed by atoms with Crippen molar-refractivity contribution < 1.29 is 9.47 Å².